The lowest BCUT2D eigenvalue weighted by Gasteiger charge is -2.23. The smallest absolute Gasteiger partial charge is 0.351 e. The van der Waals surface area contributed by atoms with Crippen molar-refractivity contribution in [2.75, 3.05) is 12.3 Å². The number of anilines is 1. The lowest BCUT2D eigenvalue weighted by atomic mass is 10.1. The normalized spacial score (nSPS) is 24.7. The second-order valence-electron chi connectivity index (χ2n) is 5.56. The minimum absolute atomic E-state index is 0.00119. The quantitative estimate of drug-likeness (QED) is 0.513. The molecular formula is C15H19N3O8. The molecule has 1 aromatic rings. The number of carbonyl (C=O) groups is 3. The number of ether oxygens (including phenoxy) is 4. The van der Waals surface area contributed by atoms with Crippen LogP contribution < -0.4 is 11.4 Å². The van der Waals surface area contributed by atoms with Crippen molar-refractivity contribution in [1.82, 2.24) is 9.55 Å². The van der Waals surface area contributed by atoms with Gasteiger partial charge in [0.25, 0.3) is 0 Å². The van der Waals surface area contributed by atoms with Gasteiger partial charge in [-0.15, -0.1) is 0 Å². The van der Waals surface area contributed by atoms with Gasteiger partial charge in [0, 0.05) is 27.0 Å². The van der Waals surface area contributed by atoms with Gasteiger partial charge in [-0.25, -0.2) is 4.79 Å². The van der Waals surface area contributed by atoms with Crippen LogP contribution in [-0.4, -0.2) is 52.4 Å². The van der Waals surface area contributed by atoms with Gasteiger partial charge in [-0.3, -0.25) is 19.0 Å². The van der Waals surface area contributed by atoms with Gasteiger partial charge >= 0.3 is 23.6 Å². The Labute approximate surface area is 148 Å². The van der Waals surface area contributed by atoms with E-state index in [1.54, 1.807) is 0 Å². The number of carbonyl (C=O) groups excluding carboxylic acids is 3. The first kappa shape index (κ1) is 19.4. The molecule has 0 aliphatic carbocycles. The summed E-state index contributed by atoms with van der Waals surface area (Å²) >= 11 is 0. The molecule has 1 aliphatic rings. The molecule has 0 saturated carbocycles. The van der Waals surface area contributed by atoms with Crippen LogP contribution in [0.15, 0.2) is 17.1 Å². The van der Waals surface area contributed by atoms with Crippen molar-refractivity contribution in [3.63, 3.8) is 0 Å². The van der Waals surface area contributed by atoms with Crippen LogP contribution in [0.4, 0.5) is 5.82 Å². The Hall–Kier alpha value is -2.95. The summed E-state index contributed by atoms with van der Waals surface area (Å²) in [6, 6.07) is 1.36. The van der Waals surface area contributed by atoms with Crippen LogP contribution in [0.3, 0.4) is 0 Å². The Morgan fingerprint density at radius 2 is 1.77 bits per heavy atom. The Kier molecular flexibility index (Phi) is 5.93. The molecule has 2 rings (SSSR count). The number of aromatic nitrogens is 2. The van der Waals surface area contributed by atoms with Crippen LogP contribution in [0.5, 0.6) is 0 Å². The molecule has 11 heteroatoms. The van der Waals surface area contributed by atoms with Crippen LogP contribution in [0.25, 0.3) is 0 Å². The number of nitrogens with zero attached hydrogens (tertiary/aromatic N) is 2. The average molecular weight is 369 g/mol. The third kappa shape index (κ3) is 4.57. The first-order chi connectivity index (χ1) is 12.2. The third-order valence-corrected chi connectivity index (χ3v) is 3.47. The van der Waals surface area contributed by atoms with E-state index in [-0.39, 0.29) is 12.4 Å². The molecule has 0 radical (unpaired) electrons. The summed E-state index contributed by atoms with van der Waals surface area (Å²) in [5.74, 6) is -1.91. The van der Waals surface area contributed by atoms with Crippen LogP contribution in [0.2, 0.25) is 0 Å². The molecule has 0 aromatic carbocycles. The monoisotopic (exact) mass is 369 g/mol. The number of hydrogen-bond donors (Lipinski definition) is 1. The summed E-state index contributed by atoms with van der Waals surface area (Å²) in [5.41, 5.74) is 4.72. The van der Waals surface area contributed by atoms with E-state index in [1.807, 2.05) is 0 Å². The van der Waals surface area contributed by atoms with Crippen molar-refractivity contribution >= 4 is 23.7 Å². The summed E-state index contributed by atoms with van der Waals surface area (Å²) in [4.78, 5) is 49.7. The predicted octanol–water partition coefficient (Wildman–Crippen LogP) is -0.851. The van der Waals surface area contributed by atoms with Crippen molar-refractivity contribution in [1.29, 1.82) is 0 Å². The van der Waals surface area contributed by atoms with Crippen molar-refractivity contribution in [2.24, 2.45) is 0 Å². The number of nitrogen functional groups attached to an aromatic ring is 1. The van der Waals surface area contributed by atoms with Crippen molar-refractivity contribution in [2.45, 2.75) is 45.3 Å². The van der Waals surface area contributed by atoms with E-state index >= 15 is 0 Å². The maximum Gasteiger partial charge on any atom is 0.351 e. The van der Waals surface area contributed by atoms with E-state index < -0.39 is 48.1 Å². The first-order valence-corrected chi connectivity index (χ1v) is 7.67. The van der Waals surface area contributed by atoms with Crippen LogP contribution in [0, 0.1) is 0 Å². The second-order valence-corrected chi connectivity index (χ2v) is 5.56. The average Bonchev–Trinajstić information content (AvgIpc) is 2.82. The highest BCUT2D eigenvalue weighted by Crippen LogP contribution is 2.33. The fourth-order valence-corrected chi connectivity index (χ4v) is 2.54. The molecular weight excluding hydrogens is 350 g/mol. The zero-order valence-corrected chi connectivity index (χ0v) is 14.4. The minimum Gasteiger partial charge on any atom is -0.463 e. The molecule has 0 amide bonds. The summed E-state index contributed by atoms with van der Waals surface area (Å²) in [5, 5.41) is 0. The van der Waals surface area contributed by atoms with Crippen molar-refractivity contribution < 1.29 is 33.3 Å². The van der Waals surface area contributed by atoms with Crippen LogP contribution in [-0.2, 0) is 33.3 Å². The molecule has 11 nitrogen and oxygen atoms in total. The summed E-state index contributed by atoms with van der Waals surface area (Å²) < 4.78 is 22.1. The molecule has 1 saturated heterocycles. The number of esters is 3. The summed E-state index contributed by atoms with van der Waals surface area (Å²) in [7, 11) is 0. The lowest BCUT2D eigenvalue weighted by molar-refractivity contribution is -0.166. The fourth-order valence-electron chi connectivity index (χ4n) is 2.54. The molecule has 0 unspecified atom stereocenters. The molecule has 2 heterocycles. The predicted molar refractivity (Wildman–Crippen MR) is 84.6 cm³/mol. The molecule has 2 N–H and O–H groups in total. The molecule has 4 atom stereocenters. The largest absolute Gasteiger partial charge is 0.463 e. The Bertz CT molecular complexity index is 762. The van der Waals surface area contributed by atoms with Gasteiger partial charge in [0.15, 0.2) is 18.4 Å². The van der Waals surface area contributed by atoms with Gasteiger partial charge in [-0.2, -0.15) is 4.98 Å². The zero-order valence-electron chi connectivity index (χ0n) is 14.4. The van der Waals surface area contributed by atoms with E-state index in [4.69, 9.17) is 24.7 Å². The van der Waals surface area contributed by atoms with Gasteiger partial charge in [-0.1, -0.05) is 0 Å². The van der Waals surface area contributed by atoms with Gasteiger partial charge in [0.05, 0.1) is 0 Å². The summed E-state index contributed by atoms with van der Waals surface area (Å²) in [6.07, 6.45) is -3.04. The molecule has 142 valence electrons. The van der Waals surface area contributed by atoms with E-state index in [1.165, 1.54) is 19.2 Å². The van der Waals surface area contributed by atoms with Crippen LogP contribution in [0.1, 0.15) is 27.0 Å². The summed E-state index contributed by atoms with van der Waals surface area (Å²) in [6.45, 7) is 3.26. The maximum absolute atomic E-state index is 12.1. The Morgan fingerprint density at radius 1 is 1.15 bits per heavy atom. The van der Waals surface area contributed by atoms with E-state index in [0.717, 1.165) is 18.4 Å². The van der Waals surface area contributed by atoms with E-state index in [9.17, 15) is 19.2 Å². The van der Waals surface area contributed by atoms with Gasteiger partial charge in [-0.05, 0) is 6.07 Å². The number of rotatable bonds is 5. The first-order valence-electron chi connectivity index (χ1n) is 7.67. The van der Waals surface area contributed by atoms with Crippen LogP contribution >= 0.6 is 0 Å². The highest BCUT2D eigenvalue weighted by Gasteiger charge is 2.50. The Morgan fingerprint density at radius 3 is 2.31 bits per heavy atom. The topological polar surface area (TPSA) is 149 Å². The lowest BCUT2D eigenvalue weighted by Crippen LogP contribution is -2.41. The van der Waals surface area contributed by atoms with E-state index in [0.29, 0.717) is 0 Å². The molecule has 1 fully saturated rings. The molecule has 1 aliphatic heterocycles. The highest BCUT2D eigenvalue weighted by atomic mass is 16.7. The number of hydrogen-bond acceptors (Lipinski definition) is 10. The third-order valence-electron chi connectivity index (χ3n) is 3.47. The minimum atomic E-state index is -1.15. The van der Waals surface area contributed by atoms with Gasteiger partial charge in [0.2, 0.25) is 0 Å². The fraction of sp³-hybridized carbons (Fsp3) is 0.533. The zero-order chi connectivity index (χ0) is 19.4. The highest BCUT2D eigenvalue weighted by molar-refractivity contribution is 5.68. The Balaban J connectivity index is 2.40. The second kappa shape index (κ2) is 7.95. The van der Waals surface area contributed by atoms with E-state index in [2.05, 4.69) is 4.98 Å². The molecule has 0 bridgehead atoms. The SMILES string of the molecule is CC(=O)OC[C@H]1O[C@@H](n2ccc(N)nc2=O)[C@@H](OC(C)=O)[C@H]1OC(C)=O. The molecule has 1 aromatic heterocycles. The van der Waals surface area contributed by atoms with Gasteiger partial charge < -0.3 is 24.7 Å². The maximum atomic E-state index is 12.1. The number of nitrogens with two attached hydrogens (primary N) is 1. The standard InChI is InChI=1S/C15H19N3O8/c1-7(19)23-6-10-12(24-8(2)20)13(25-9(3)21)14(26-10)18-5-4-11(16)17-15(18)22/h4-5,10,12-14H,6H2,1-3H3,(H2,16,17,22)/t10-,12+,13+,14-/m1/s1. The molecule has 0 spiro atoms. The molecule has 26 heavy (non-hydrogen) atoms. The van der Waals surface area contributed by atoms with Crippen molar-refractivity contribution in [3.05, 3.63) is 22.7 Å². The van der Waals surface area contributed by atoms with Crippen molar-refractivity contribution in [3.8, 4) is 0 Å². The van der Waals surface area contributed by atoms with Gasteiger partial charge in [0.1, 0.15) is 18.5 Å².